The lowest BCUT2D eigenvalue weighted by Crippen LogP contribution is -2.17. The van der Waals surface area contributed by atoms with E-state index in [9.17, 15) is 4.79 Å². The molecule has 8 heteroatoms. The molecular weight excluding hydrogens is 274 g/mol. The van der Waals surface area contributed by atoms with Crippen molar-refractivity contribution in [1.82, 2.24) is 19.5 Å². The van der Waals surface area contributed by atoms with Gasteiger partial charge in [0.05, 0.1) is 13.2 Å². The monoisotopic (exact) mass is 291 g/mol. The molecule has 0 aliphatic carbocycles. The molecule has 0 amide bonds. The minimum absolute atomic E-state index is 0.0917. The number of nitrogens with zero attached hydrogens (tertiary/aromatic N) is 3. The summed E-state index contributed by atoms with van der Waals surface area (Å²) in [5.41, 5.74) is 6.89. The molecule has 2 rings (SSSR count). The Bertz CT molecular complexity index is 731. The Balaban J connectivity index is 2.44. The summed E-state index contributed by atoms with van der Waals surface area (Å²) in [7, 11) is 1.56. The van der Waals surface area contributed by atoms with Gasteiger partial charge in [0.2, 0.25) is 0 Å². The lowest BCUT2D eigenvalue weighted by Gasteiger charge is -2.06. The third-order valence-electron chi connectivity index (χ3n) is 2.80. The third kappa shape index (κ3) is 3.11. The van der Waals surface area contributed by atoms with E-state index < -0.39 is 0 Å². The van der Waals surface area contributed by atoms with Crippen LogP contribution >= 0.6 is 0 Å². The zero-order valence-electron chi connectivity index (χ0n) is 11.8. The first kappa shape index (κ1) is 14.8. The molecule has 0 atom stereocenters. The van der Waals surface area contributed by atoms with Crippen molar-refractivity contribution < 1.29 is 9.47 Å². The smallest absolute Gasteiger partial charge is 0.328 e. The number of nitrogens with one attached hydrogen (secondary N) is 1. The highest BCUT2D eigenvalue weighted by atomic mass is 16.5. The molecule has 0 aliphatic heterocycles. The highest BCUT2D eigenvalue weighted by molar-refractivity contribution is 5.81. The van der Waals surface area contributed by atoms with E-state index in [0.29, 0.717) is 23.3 Å². The molecule has 2 aromatic heterocycles. The number of H-pyrrole nitrogens is 1. The van der Waals surface area contributed by atoms with Gasteiger partial charge in [-0.05, 0) is 5.57 Å². The number of aromatic amines is 1. The summed E-state index contributed by atoms with van der Waals surface area (Å²) < 4.78 is 11.6. The minimum Gasteiger partial charge on any atom is -0.461 e. The first-order valence-electron chi connectivity index (χ1n) is 6.24. The van der Waals surface area contributed by atoms with Gasteiger partial charge in [-0.15, -0.1) is 0 Å². The van der Waals surface area contributed by atoms with Gasteiger partial charge in [0.25, 0.3) is 0 Å². The highest BCUT2D eigenvalue weighted by Crippen LogP contribution is 2.18. The number of nitrogen functional groups attached to an aromatic ring is 1. The van der Waals surface area contributed by atoms with E-state index in [-0.39, 0.29) is 30.7 Å². The molecule has 0 saturated carbocycles. The Morgan fingerprint density at radius 1 is 1.48 bits per heavy atom. The van der Waals surface area contributed by atoms with Gasteiger partial charge in [-0.25, -0.2) is 4.79 Å². The van der Waals surface area contributed by atoms with Gasteiger partial charge >= 0.3 is 11.7 Å². The molecule has 0 bridgehead atoms. The number of methoxy groups -OCH3 is 1. The normalized spacial score (nSPS) is 10.7. The molecule has 2 aromatic rings. The summed E-state index contributed by atoms with van der Waals surface area (Å²) in [5.74, 6) is 0.146. The number of anilines is 1. The summed E-state index contributed by atoms with van der Waals surface area (Å²) in [5, 5.41) is 0. The van der Waals surface area contributed by atoms with E-state index in [0.717, 1.165) is 0 Å². The van der Waals surface area contributed by atoms with E-state index in [4.69, 9.17) is 15.2 Å². The Morgan fingerprint density at radius 3 is 2.90 bits per heavy atom. The van der Waals surface area contributed by atoms with Crippen molar-refractivity contribution in [2.45, 2.75) is 6.54 Å². The van der Waals surface area contributed by atoms with Crippen LogP contribution in [-0.4, -0.2) is 39.8 Å². The zero-order valence-corrected chi connectivity index (χ0v) is 11.8. The summed E-state index contributed by atoms with van der Waals surface area (Å²) in [6.07, 6.45) is 1.58. The van der Waals surface area contributed by atoms with Gasteiger partial charge < -0.3 is 20.2 Å². The average Bonchev–Trinajstić information content (AvgIpc) is 2.77. The maximum absolute atomic E-state index is 12.0. The van der Waals surface area contributed by atoms with Gasteiger partial charge in [0.1, 0.15) is 12.1 Å². The molecule has 112 valence electrons. The third-order valence-corrected chi connectivity index (χ3v) is 2.80. The molecule has 0 spiro atoms. The van der Waals surface area contributed by atoms with Crippen molar-refractivity contribution in [1.29, 1.82) is 0 Å². The lowest BCUT2D eigenvalue weighted by molar-refractivity contribution is 0.141. The summed E-state index contributed by atoms with van der Waals surface area (Å²) >= 11 is 0. The molecule has 8 nitrogen and oxygen atoms in total. The number of imidazole rings is 1. The van der Waals surface area contributed by atoms with Crippen molar-refractivity contribution >= 4 is 17.0 Å². The van der Waals surface area contributed by atoms with E-state index in [1.54, 1.807) is 13.2 Å². The Hall–Kier alpha value is -2.61. The van der Waals surface area contributed by atoms with Crippen molar-refractivity contribution in [3.05, 3.63) is 35.3 Å². The lowest BCUT2D eigenvalue weighted by atomic mass is 10.3. The fourth-order valence-electron chi connectivity index (χ4n) is 1.73. The topological polar surface area (TPSA) is 108 Å². The maximum Gasteiger partial charge on any atom is 0.328 e. The maximum atomic E-state index is 12.0. The first-order valence-corrected chi connectivity index (χ1v) is 6.24. The fraction of sp³-hybridized carbons (Fsp3) is 0.308. The van der Waals surface area contributed by atoms with Crippen LogP contribution in [0, 0.1) is 0 Å². The molecule has 21 heavy (non-hydrogen) atoms. The summed E-state index contributed by atoms with van der Waals surface area (Å²) in [6, 6.07) is 0.0917. The van der Waals surface area contributed by atoms with Crippen molar-refractivity contribution in [2.75, 3.05) is 26.1 Å². The van der Waals surface area contributed by atoms with Crippen LogP contribution in [0.5, 0.6) is 6.01 Å². The van der Waals surface area contributed by atoms with Gasteiger partial charge in [-0.3, -0.25) is 4.57 Å². The van der Waals surface area contributed by atoms with E-state index in [1.807, 2.05) is 0 Å². The van der Waals surface area contributed by atoms with Crippen molar-refractivity contribution in [3.63, 3.8) is 0 Å². The number of hydrogen-bond acceptors (Lipinski definition) is 6. The number of nitrogens with two attached hydrogens (primary N) is 1. The van der Waals surface area contributed by atoms with Crippen LogP contribution < -0.4 is 16.2 Å². The van der Waals surface area contributed by atoms with Gasteiger partial charge in [-0.1, -0.05) is 19.2 Å². The Kier molecular flexibility index (Phi) is 4.39. The number of hydrogen-bond donors (Lipinski definition) is 2. The number of fused-ring (bicyclic) bond motifs is 1. The van der Waals surface area contributed by atoms with E-state index in [1.165, 1.54) is 4.57 Å². The van der Waals surface area contributed by atoms with Crippen LogP contribution in [0.4, 0.5) is 5.82 Å². The molecule has 0 aromatic carbocycles. The van der Waals surface area contributed by atoms with Crippen LogP contribution in [0.2, 0.25) is 0 Å². The van der Waals surface area contributed by atoms with E-state index >= 15 is 0 Å². The predicted octanol–water partition coefficient (Wildman–Crippen LogP) is 0.469. The van der Waals surface area contributed by atoms with E-state index in [2.05, 4.69) is 28.1 Å². The quantitative estimate of drug-likeness (QED) is 0.567. The van der Waals surface area contributed by atoms with Crippen molar-refractivity contribution in [2.24, 2.45) is 0 Å². The fourth-order valence-corrected chi connectivity index (χ4v) is 1.73. The average molecular weight is 291 g/mol. The zero-order chi connectivity index (χ0) is 15.4. The molecule has 0 fully saturated rings. The van der Waals surface area contributed by atoms with Crippen LogP contribution in [0.25, 0.3) is 11.2 Å². The highest BCUT2D eigenvalue weighted by Gasteiger charge is 2.14. The second-order valence-electron chi connectivity index (χ2n) is 4.31. The second kappa shape index (κ2) is 6.23. The van der Waals surface area contributed by atoms with Crippen LogP contribution in [0.15, 0.2) is 29.6 Å². The summed E-state index contributed by atoms with van der Waals surface area (Å²) in [6.45, 7) is 8.35. The molecule has 3 N–H and O–H groups in total. The summed E-state index contributed by atoms with van der Waals surface area (Å²) in [4.78, 5) is 22.8. The van der Waals surface area contributed by atoms with Crippen LogP contribution in [0.1, 0.15) is 0 Å². The first-order chi connectivity index (χ1) is 10.1. The Morgan fingerprint density at radius 2 is 2.24 bits per heavy atom. The number of allylic oxidation sites excluding steroid dienone is 2. The molecule has 0 radical (unpaired) electrons. The largest absolute Gasteiger partial charge is 0.461 e. The van der Waals surface area contributed by atoms with Crippen molar-refractivity contribution in [3.8, 4) is 6.01 Å². The second-order valence-corrected chi connectivity index (χ2v) is 4.31. The standard InChI is InChI=1S/C13H17N5O3/c1-4-8(2)7-18-11-9(15-13(18)19)10(14)16-12(17-11)21-6-5-20-3/h4H,1-2,5-7H2,3H3,(H,15,19)(H2,14,16,17). The molecule has 2 heterocycles. The van der Waals surface area contributed by atoms with Gasteiger partial charge in [0, 0.05) is 7.11 Å². The van der Waals surface area contributed by atoms with Gasteiger partial charge in [-0.2, -0.15) is 9.97 Å². The minimum atomic E-state index is -0.344. The molecule has 0 saturated heterocycles. The van der Waals surface area contributed by atoms with Gasteiger partial charge in [0.15, 0.2) is 11.5 Å². The number of rotatable bonds is 7. The molecular formula is C13H17N5O3. The number of aromatic nitrogens is 4. The number of ether oxygens (including phenoxy) is 2. The van der Waals surface area contributed by atoms with Crippen LogP contribution in [0.3, 0.4) is 0 Å². The Labute approximate surface area is 120 Å². The van der Waals surface area contributed by atoms with Crippen LogP contribution in [-0.2, 0) is 11.3 Å². The predicted molar refractivity (Wildman–Crippen MR) is 79.3 cm³/mol. The SMILES string of the molecule is C=CC(=C)Cn1c(=O)[nH]c2c(N)nc(OCCOC)nc21. The molecule has 0 unspecified atom stereocenters. The molecule has 0 aliphatic rings.